The first kappa shape index (κ1) is 19.7. The van der Waals surface area contributed by atoms with E-state index in [-0.39, 0.29) is 5.66 Å². The van der Waals surface area contributed by atoms with Gasteiger partial charge in [0, 0.05) is 7.26 Å². The van der Waals surface area contributed by atoms with Crippen LogP contribution in [0.2, 0.25) is 0 Å². The Kier molecular flexibility index (Phi) is 7.24. The lowest BCUT2D eigenvalue weighted by Gasteiger charge is -2.51. The number of carboxylic acids is 1. The van der Waals surface area contributed by atoms with Gasteiger partial charge in [0.05, 0.1) is 17.0 Å². The lowest BCUT2D eigenvalue weighted by atomic mass is 9.98. The molecule has 1 atom stereocenters. The number of hydrogen-bond donors (Lipinski definition) is 1. The molecule has 3 aliphatic rings. The molecule has 0 spiro atoms. The van der Waals surface area contributed by atoms with Crippen LogP contribution in [0.3, 0.4) is 0 Å². The molecule has 0 saturated heterocycles. The minimum absolute atomic E-state index is 0.00167. The van der Waals surface area contributed by atoms with E-state index in [1.807, 2.05) is 0 Å². The highest BCUT2D eigenvalue weighted by atomic mass is 31.2. The molecule has 0 radical (unpaired) electrons. The van der Waals surface area contributed by atoms with Crippen LogP contribution in [0.5, 0.6) is 0 Å². The largest absolute Gasteiger partial charge is 0.478 e. The van der Waals surface area contributed by atoms with E-state index < -0.39 is 13.2 Å². The first-order valence-electron chi connectivity index (χ1n) is 11.3. The first-order chi connectivity index (χ1) is 12.2. The van der Waals surface area contributed by atoms with Crippen molar-refractivity contribution in [3.05, 3.63) is 0 Å². The lowest BCUT2D eigenvalue weighted by Crippen LogP contribution is -2.44. The Morgan fingerprint density at radius 1 is 0.760 bits per heavy atom. The average Bonchev–Trinajstić information content (AvgIpc) is 2.68. The summed E-state index contributed by atoms with van der Waals surface area (Å²) in [5.41, 5.74) is 2.36. The maximum atomic E-state index is 12.5. The second-order valence-corrected chi connectivity index (χ2v) is 13.6. The molecule has 0 amide bonds. The molecule has 3 aliphatic carbocycles. The normalized spacial score (nSPS) is 26.4. The van der Waals surface area contributed by atoms with Gasteiger partial charge in [-0.05, 0) is 83.5 Å². The Balaban J connectivity index is 2.04. The van der Waals surface area contributed by atoms with Crippen LogP contribution in [-0.4, -0.2) is 33.7 Å². The fraction of sp³-hybridized carbons (Fsp3) is 0.955. The Morgan fingerprint density at radius 2 is 1.08 bits per heavy atom. The second kappa shape index (κ2) is 9.20. The van der Waals surface area contributed by atoms with Crippen molar-refractivity contribution in [1.29, 1.82) is 0 Å². The molecule has 0 aromatic carbocycles. The summed E-state index contributed by atoms with van der Waals surface area (Å²) >= 11 is 0. The summed E-state index contributed by atoms with van der Waals surface area (Å²) in [6.45, 7) is 2.18. The zero-order chi connectivity index (χ0) is 17.7. The van der Waals surface area contributed by atoms with Crippen LogP contribution in [0.4, 0.5) is 0 Å². The molecule has 0 bridgehead atoms. The molecule has 1 unspecified atom stereocenters. The van der Waals surface area contributed by atoms with Gasteiger partial charge in [-0.3, -0.25) is 0 Å². The van der Waals surface area contributed by atoms with Gasteiger partial charge in [-0.25, -0.2) is 4.79 Å². The lowest BCUT2D eigenvalue weighted by molar-refractivity contribution is -0.136. The van der Waals surface area contributed by atoms with Gasteiger partial charge in [-0.1, -0.05) is 26.2 Å². The first-order valence-corrected chi connectivity index (χ1v) is 13.4. The molecule has 3 heteroatoms. The van der Waals surface area contributed by atoms with E-state index in [0.29, 0.717) is 0 Å². The fourth-order valence-corrected chi connectivity index (χ4v) is 15.0. The van der Waals surface area contributed by atoms with Gasteiger partial charge < -0.3 is 5.11 Å². The highest BCUT2D eigenvalue weighted by molar-refractivity contribution is 7.79. The maximum Gasteiger partial charge on any atom is 0.344 e. The van der Waals surface area contributed by atoms with Gasteiger partial charge in [0.25, 0.3) is 0 Å². The molecular formula is C22H40O2P+. The molecule has 0 aromatic rings. The van der Waals surface area contributed by atoms with E-state index in [0.717, 1.165) is 23.4 Å². The fourth-order valence-electron chi connectivity index (χ4n) is 6.92. The van der Waals surface area contributed by atoms with Crippen molar-refractivity contribution in [2.45, 2.75) is 132 Å². The van der Waals surface area contributed by atoms with Gasteiger partial charge in [-0.15, -0.1) is 0 Å². The maximum absolute atomic E-state index is 12.5. The van der Waals surface area contributed by atoms with Crippen LogP contribution >= 0.6 is 7.26 Å². The number of aliphatic carboxylic acids is 1. The molecule has 2 nitrogen and oxygen atoms in total. The Hall–Kier alpha value is -0.100. The summed E-state index contributed by atoms with van der Waals surface area (Å²) in [4.78, 5) is 12.5. The summed E-state index contributed by atoms with van der Waals surface area (Å²) < 4.78 is 0. The molecular weight excluding hydrogens is 327 g/mol. The third-order valence-electron chi connectivity index (χ3n) is 7.83. The van der Waals surface area contributed by atoms with E-state index in [1.54, 1.807) is 0 Å². The number of carboxylic acid groups (broad SMARTS) is 1. The molecule has 3 rings (SSSR count). The van der Waals surface area contributed by atoms with Crippen LogP contribution in [-0.2, 0) is 4.79 Å². The van der Waals surface area contributed by atoms with Gasteiger partial charge in [0.15, 0.2) is 5.66 Å². The number of hydrogen-bond acceptors (Lipinski definition) is 1. The number of carbonyl (C=O) groups is 1. The highest BCUT2D eigenvalue weighted by Crippen LogP contribution is 2.80. The average molecular weight is 368 g/mol. The van der Waals surface area contributed by atoms with Crippen molar-refractivity contribution in [3.63, 3.8) is 0 Å². The Morgan fingerprint density at radius 3 is 1.32 bits per heavy atom. The molecule has 0 aliphatic heterocycles. The van der Waals surface area contributed by atoms with Gasteiger partial charge >= 0.3 is 5.97 Å². The van der Waals surface area contributed by atoms with Crippen molar-refractivity contribution in [3.8, 4) is 0 Å². The van der Waals surface area contributed by atoms with E-state index >= 15 is 0 Å². The molecule has 1 N–H and O–H groups in total. The van der Waals surface area contributed by atoms with Crippen LogP contribution in [0.1, 0.15) is 110 Å². The van der Waals surface area contributed by atoms with Crippen LogP contribution in [0, 0.1) is 0 Å². The Labute approximate surface area is 155 Å². The molecule has 0 aromatic heterocycles. The van der Waals surface area contributed by atoms with Crippen molar-refractivity contribution < 1.29 is 9.90 Å². The minimum Gasteiger partial charge on any atom is -0.478 e. The van der Waals surface area contributed by atoms with Gasteiger partial charge in [0.1, 0.15) is 0 Å². The van der Waals surface area contributed by atoms with E-state index in [9.17, 15) is 9.90 Å². The third-order valence-corrected chi connectivity index (χ3v) is 14.8. The SMILES string of the molecule is CCC(C(=O)O)[P+](C1CCCCC1)(C1CCCCC1)C1CCCCC1. The third kappa shape index (κ3) is 3.95. The van der Waals surface area contributed by atoms with E-state index in [1.165, 1.54) is 96.3 Å². The molecule has 0 heterocycles. The van der Waals surface area contributed by atoms with Crippen LogP contribution in [0.25, 0.3) is 0 Å². The quantitative estimate of drug-likeness (QED) is 0.520. The smallest absolute Gasteiger partial charge is 0.344 e. The van der Waals surface area contributed by atoms with Crippen molar-refractivity contribution >= 4 is 13.2 Å². The molecule has 3 fully saturated rings. The van der Waals surface area contributed by atoms with Crippen molar-refractivity contribution in [2.75, 3.05) is 0 Å². The summed E-state index contributed by atoms with van der Waals surface area (Å²) in [7, 11) is -1.49. The topological polar surface area (TPSA) is 37.3 Å². The van der Waals surface area contributed by atoms with Crippen molar-refractivity contribution in [2.24, 2.45) is 0 Å². The summed E-state index contributed by atoms with van der Waals surface area (Å²) in [5.74, 6) is -0.433. The predicted octanol–water partition coefficient (Wildman–Crippen LogP) is 6.87. The van der Waals surface area contributed by atoms with Crippen LogP contribution < -0.4 is 0 Å². The van der Waals surface area contributed by atoms with E-state index in [4.69, 9.17) is 0 Å². The second-order valence-electron chi connectivity index (χ2n) is 9.03. The van der Waals surface area contributed by atoms with E-state index in [2.05, 4.69) is 6.92 Å². The summed E-state index contributed by atoms with van der Waals surface area (Å²) in [6, 6.07) is 0. The minimum atomic E-state index is -1.49. The summed E-state index contributed by atoms with van der Waals surface area (Å²) in [6.07, 6.45) is 21.3. The van der Waals surface area contributed by atoms with Gasteiger partial charge in [-0.2, -0.15) is 0 Å². The van der Waals surface area contributed by atoms with Crippen molar-refractivity contribution in [1.82, 2.24) is 0 Å². The standard InChI is InChI=1S/C22H39O2P/c1-2-21(22(23)24)25(18-12-6-3-7-13-18,19-14-8-4-9-15-19)20-16-10-5-11-17-20/h18-21H,2-17H2,1H3/p+1. The summed E-state index contributed by atoms with van der Waals surface area (Å²) in [5, 5.41) is 10.3. The van der Waals surface area contributed by atoms with Gasteiger partial charge in [0.2, 0.25) is 0 Å². The molecule has 3 saturated carbocycles. The monoisotopic (exact) mass is 367 g/mol. The molecule has 144 valence electrons. The Bertz CT molecular complexity index is 372. The predicted molar refractivity (Wildman–Crippen MR) is 109 cm³/mol. The number of rotatable bonds is 6. The zero-order valence-corrected chi connectivity index (χ0v) is 17.3. The van der Waals surface area contributed by atoms with Crippen LogP contribution in [0.15, 0.2) is 0 Å². The zero-order valence-electron chi connectivity index (χ0n) is 16.4. The molecule has 25 heavy (non-hydrogen) atoms. The highest BCUT2D eigenvalue weighted by Gasteiger charge is 2.63.